The maximum Gasteiger partial charge on any atom is 0.313 e. The molecule has 1 aliphatic heterocycles. The second-order valence-corrected chi connectivity index (χ2v) is 7.86. The van der Waals surface area contributed by atoms with Crippen LogP contribution in [0.15, 0.2) is 42.6 Å². The number of rotatable bonds is 5. The molecule has 1 aromatic carbocycles. The van der Waals surface area contributed by atoms with Crippen LogP contribution in [0.25, 0.3) is 0 Å². The minimum atomic E-state index is -0.656. The van der Waals surface area contributed by atoms with Crippen molar-refractivity contribution in [2.45, 2.75) is 32.6 Å². The molecule has 0 atom stereocenters. The number of piperidine rings is 1. The lowest BCUT2D eigenvalue weighted by molar-refractivity contribution is -0.136. The SMILES string of the molecule is CC(C)c1ccc(NC(=O)C(=O)NCC2CCN(c3ncccc3C#N)CC2)cc1. The number of hydrogen-bond donors (Lipinski definition) is 2. The molecule has 7 nitrogen and oxygen atoms in total. The molecular formula is C23H27N5O2. The second-order valence-electron chi connectivity index (χ2n) is 7.86. The normalized spacial score (nSPS) is 14.3. The minimum absolute atomic E-state index is 0.289. The Labute approximate surface area is 177 Å². The molecule has 1 fully saturated rings. The third-order valence-corrected chi connectivity index (χ3v) is 5.41. The van der Waals surface area contributed by atoms with Crippen molar-refractivity contribution in [3.63, 3.8) is 0 Å². The average molecular weight is 406 g/mol. The number of nitriles is 1. The first-order valence-corrected chi connectivity index (χ1v) is 10.3. The Kier molecular flexibility index (Phi) is 7.02. The lowest BCUT2D eigenvalue weighted by atomic mass is 9.96. The standard InChI is InChI=1S/C23H27N5O2/c1-16(2)18-5-7-20(8-6-18)27-23(30)22(29)26-15-17-9-12-28(13-10-17)21-19(14-24)4-3-11-25-21/h3-8,11,16-17H,9-10,12-13,15H2,1-2H3,(H,26,29)(H,27,30). The molecule has 0 radical (unpaired) electrons. The van der Waals surface area contributed by atoms with Crippen LogP contribution in [0.2, 0.25) is 0 Å². The third kappa shape index (κ3) is 5.35. The van der Waals surface area contributed by atoms with E-state index in [4.69, 9.17) is 0 Å². The van der Waals surface area contributed by atoms with Gasteiger partial charge in [0.2, 0.25) is 0 Å². The molecule has 2 N–H and O–H groups in total. The van der Waals surface area contributed by atoms with Gasteiger partial charge < -0.3 is 15.5 Å². The molecule has 2 amide bonds. The van der Waals surface area contributed by atoms with Gasteiger partial charge in [-0.25, -0.2) is 4.98 Å². The fraction of sp³-hybridized carbons (Fsp3) is 0.391. The van der Waals surface area contributed by atoms with E-state index in [9.17, 15) is 14.9 Å². The van der Waals surface area contributed by atoms with Crippen molar-refractivity contribution in [3.05, 3.63) is 53.7 Å². The number of anilines is 2. The van der Waals surface area contributed by atoms with Crippen molar-refractivity contribution in [3.8, 4) is 6.07 Å². The Morgan fingerprint density at radius 2 is 1.87 bits per heavy atom. The number of nitrogens with zero attached hydrogens (tertiary/aromatic N) is 3. The summed E-state index contributed by atoms with van der Waals surface area (Å²) in [4.78, 5) is 30.7. The van der Waals surface area contributed by atoms with Crippen LogP contribution in [0.3, 0.4) is 0 Å². The van der Waals surface area contributed by atoms with Crippen molar-refractivity contribution in [1.82, 2.24) is 10.3 Å². The highest BCUT2D eigenvalue weighted by Crippen LogP contribution is 2.23. The number of nitrogens with one attached hydrogen (secondary N) is 2. The summed E-state index contributed by atoms with van der Waals surface area (Å²) < 4.78 is 0. The zero-order valence-electron chi connectivity index (χ0n) is 17.4. The van der Waals surface area contributed by atoms with Crippen molar-refractivity contribution >= 4 is 23.3 Å². The molecule has 0 bridgehead atoms. The zero-order valence-corrected chi connectivity index (χ0v) is 17.4. The molecule has 1 saturated heterocycles. The molecule has 0 spiro atoms. The highest BCUT2D eigenvalue weighted by Gasteiger charge is 2.23. The first kappa shape index (κ1) is 21.3. The van der Waals surface area contributed by atoms with Crippen LogP contribution < -0.4 is 15.5 Å². The van der Waals surface area contributed by atoms with Crippen molar-refractivity contribution in [2.75, 3.05) is 29.9 Å². The van der Waals surface area contributed by atoms with Gasteiger partial charge in [0.05, 0.1) is 5.56 Å². The van der Waals surface area contributed by atoms with Gasteiger partial charge in [0.1, 0.15) is 11.9 Å². The molecule has 0 saturated carbocycles. The van der Waals surface area contributed by atoms with Crippen molar-refractivity contribution < 1.29 is 9.59 Å². The average Bonchev–Trinajstić information content (AvgIpc) is 2.78. The number of carbonyl (C=O) groups is 2. The topological polar surface area (TPSA) is 98.1 Å². The number of hydrogen-bond acceptors (Lipinski definition) is 5. The van der Waals surface area contributed by atoms with Gasteiger partial charge in [-0.05, 0) is 54.5 Å². The molecule has 7 heteroatoms. The number of pyridine rings is 1. The van der Waals surface area contributed by atoms with E-state index in [2.05, 4.69) is 40.4 Å². The first-order chi connectivity index (χ1) is 14.5. The van der Waals surface area contributed by atoms with Gasteiger partial charge in [0.15, 0.2) is 0 Å². The van der Waals surface area contributed by atoms with Gasteiger partial charge in [-0.2, -0.15) is 5.26 Å². The van der Waals surface area contributed by atoms with E-state index in [1.165, 1.54) is 5.56 Å². The molecule has 156 valence electrons. The zero-order chi connectivity index (χ0) is 21.5. The Morgan fingerprint density at radius 1 is 1.17 bits per heavy atom. The fourth-order valence-corrected chi connectivity index (χ4v) is 3.54. The Morgan fingerprint density at radius 3 is 2.50 bits per heavy atom. The van der Waals surface area contributed by atoms with Crippen LogP contribution in [0.5, 0.6) is 0 Å². The van der Waals surface area contributed by atoms with Gasteiger partial charge >= 0.3 is 11.8 Å². The summed E-state index contributed by atoms with van der Waals surface area (Å²) in [5.41, 5.74) is 2.36. The summed E-state index contributed by atoms with van der Waals surface area (Å²) in [5, 5.41) is 14.6. The summed E-state index contributed by atoms with van der Waals surface area (Å²) >= 11 is 0. The summed E-state index contributed by atoms with van der Waals surface area (Å²) in [6.07, 6.45) is 3.41. The third-order valence-electron chi connectivity index (χ3n) is 5.41. The Bertz CT molecular complexity index is 925. The summed E-state index contributed by atoms with van der Waals surface area (Å²) in [6.45, 7) is 6.19. The fourth-order valence-electron chi connectivity index (χ4n) is 3.54. The van der Waals surface area contributed by atoms with Crippen LogP contribution in [-0.4, -0.2) is 36.4 Å². The summed E-state index contributed by atoms with van der Waals surface area (Å²) in [6, 6.07) is 13.2. The van der Waals surface area contributed by atoms with Crippen molar-refractivity contribution in [1.29, 1.82) is 5.26 Å². The molecule has 2 heterocycles. The summed E-state index contributed by atoms with van der Waals surface area (Å²) in [7, 11) is 0. The van der Waals surface area contributed by atoms with E-state index < -0.39 is 11.8 Å². The van der Waals surface area contributed by atoms with Crippen molar-refractivity contribution in [2.24, 2.45) is 5.92 Å². The van der Waals surface area contributed by atoms with Gasteiger partial charge in [-0.1, -0.05) is 26.0 Å². The van der Waals surface area contributed by atoms with Gasteiger partial charge in [-0.3, -0.25) is 9.59 Å². The minimum Gasteiger partial charge on any atom is -0.356 e. The van der Waals surface area contributed by atoms with E-state index in [-0.39, 0.29) is 5.92 Å². The summed E-state index contributed by atoms with van der Waals surface area (Å²) in [5.74, 6) is 0.135. The molecule has 1 aliphatic rings. The number of benzene rings is 1. The molecule has 30 heavy (non-hydrogen) atoms. The smallest absolute Gasteiger partial charge is 0.313 e. The lowest BCUT2D eigenvalue weighted by Crippen LogP contribution is -2.42. The van der Waals surface area contributed by atoms with Crippen LogP contribution in [-0.2, 0) is 9.59 Å². The molecular weight excluding hydrogens is 378 g/mol. The van der Waals surface area contributed by atoms with Crippen LogP contribution in [0, 0.1) is 17.2 Å². The molecule has 0 unspecified atom stereocenters. The van der Waals surface area contributed by atoms with Gasteiger partial charge in [-0.15, -0.1) is 0 Å². The predicted molar refractivity (Wildman–Crippen MR) is 116 cm³/mol. The monoisotopic (exact) mass is 405 g/mol. The predicted octanol–water partition coefficient (Wildman–Crippen LogP) is 3.05. The van der Waals surface area contributed by atoms with E-state index in [1.54, 1.807) is 18.3 Å². The van der Waals surface area contributed by atoms with Gasteiger partial charge in [0, 0.05) is 31.5 Å². The number of aromatic nitrogens is 1. The van der Waals surface area contributed by atoms with Crippen LogP contribution >= 0.6 is 0 Å². The quantitative estimate of drug-likeness (QED) is 0.745. The molecule has 0 aliphatic carbocycles. The molecule has 2 aromatic rings. The van der Waals surface area contributed by atoms with E-state index in [1.807, 2.05) is 24.3 Å². The highest BCUT2D eigenvalue weighted by atomic mass is 16.2. The number of carbonyl (C=O) groups excluding carboxylic acids is 2. The van der Waals surface area contributed by atoms with Crippen LogP contribution in [0.4, 0.5) is 11.5 Å². The second kappa shape index (κ2) is 9.88. The molecule has 3 rings (SSSR count). The first-order valence-electron chi connectivity index (χ1n) is 10.3. The maximum atomic E-state index is 12.2. The lowest BCUT2D eigenvalue weighted by Gasteiger charge is -2.33. The molecule has 1 aromatic heterocycles. The Balaban J connectivity index is 1.44. The van der Waals surface area contributed by atoms with Crippen LogP contribution in [0.1, 0.15) is 43.7 Å². The Hall–Kier alpha value is -3.40. The van der Waals surface area contributed by atoms with E-state index in [0.717, 1.165) is 25.9 Å². The van der Waals surface area contributed by atoms with Gasteiger partial charge in [0.25, 0.3) is 0 Å². The largest absolute Gasteiger partial charge is 0.356 e. The maximum absolute atomic E-state index is 12.2. The van der Waals surface area contributed by atoms with E-state index >= 15 is 0 Å². The number of amides is 2. The highest BCUT2D eigenvalue weighted by molar-refractivity contribution is 6.39. The van der Waals surface area contributed by atoms with E-state index in [0.29, 0.717) is 29.5 Å².